The molecule has 0 radical (unpaired) electrons. The average molecular weight is 248 g/mol. The third-order valence-electron chi connectivity index (χ3n) is 2.03. The molecule has 0 aromatic heterocycles. The van der Waals surface area contributed by atoms with Crippen LogP contribution in [0, 0.1) is 6.92 Å². The maximum absolute atomic E-state index is 11.7. The van der Waals surface area contributed by atoms with Gasteiger partial charge in [-0.3, -0.25) is 0 Å². The molecule has 17 heavy (non-hydrogen) atoms. The van der Waals surface area contributed by atoms with Crippen LogP contribution in [0.15, 0.2) is 24.3 Å². The Morgan fingerprint density at radius 1 is 1.06 bits per heavy atom. The van der Waals surface area contributed by atoms with Crippen LogP contribution < -0.4 is 4.74 Å². The summed E-state index contributed by atoms with van der Waals surface area (Å²) in [6, 6.07) is 5.98. The maximum Gasteiger partial charge on any atom is 0.573 e. The lowest BCUT2D eigenvalue weighted by Gasteiger charge is -2.10. The lowest BCUT2D eigenvalue weighted by Crippen LogP contribution is -2.17. The predicted octanol–water partition coefficient (Wildman–Crippen LogP) is 5.09. The fraction of sp³-hybridized carbons (Fsp3) is 0.538. The molecule has 1 nitrogen and oxygen atoms in total. The standard InChI is InChI=1S/C8H7F3O.C5H12/c1-6-4-2-3-5-7(6)12-8(9,10)11;1-3-5-4-2/h2-5H,1H3;3-5H2,1-2H3. The highest BCUT2D eigenvalue weighted by Crippen LogP contribution is 2.25. The number of unbranched alkanes of at least 4 members (excludes halogenated alkanes) is 2. The summed E-state index contributed by atoms with van der Waals surface area (Å²) in [5.41, 5.74) is 0.467. The van der Waals surface area contributed by atoms with Gasteiger partial charge in [0, 0.05) is 0 Å². The molecule has 0 fully saturated rings. The van der Waals surface area contributed by atoms with Gasteiger partial charge in [0.2, 0.25) is 0 Å². The van der Waals surface area contributed by atoms with Gasteiger partial charge < -0.3 is 4.74 Å². The van der Waals surface area contributed by atoms with Crippen LogP contribution in [-0.2, 0) is 0 Å². The van der Waals surface area contributed by atoms with Gasteiger partial charge in [-0.05, 0) is 18.6 Å². The summed E-state index contributed by atoms with van der Waals surface area (Å²) in [5.74, 6) is -0.148. The highest BCUT2D eigenvalue weighted by molar-refractivity contribution is 5.31. The minimum Gasteiger partial charge on any atom is -0.406 e. The van der Waals surface area contributed by atoms with Crippen molar-refractivity contribution in [2.24, 2.45) is 0 Å². The summed E-state index contributed by atoms with van der Waals surface area (Å²) in [7, 11) is 0. The van der Waals surface area contributed by atoms with Crippen LogP contribution in [0.3, 0.4) is 0 Å². The van der Waals surface area contributed by atoms with E-state index in [0.717, 1.165) is 0 Å². The second-order valence-corrected chi connectivity index (χ2v) is 3.67. The van der Waals surface area contributed by atoms with Gasteiger partial charge in [-0.1, -0.05) is 51.3 Å². The Balaban J connectivity index is 0.000000437. The van der Waals surface area contributed by atoms with Crippen molar-refractivity contribution in [3.63, 3.8) is 0 Å². The average Bonchev–Trinajstić information content (AvgIpc) is 2.22. The Morgan fingerprint density at radius 3 is 1.94 bits per heavy atom. The molecule has 0 aliphatic rings. The molecule has 0 aliphatic heterocycles. The van der Waals surface area contributed by atoms with Gasteiger partial charge in [0.25, 0.3) is 0 Å². The summed E-state index contributed by atoms with van der Waals surface area (Å²) in [6.45, 7) is 5.98. The van der Waals surface area contributed by atoms with E-state index < -0.39 is 6.36 Å². The highest BCUT2D eigenvalue weighted by Gasteiger charge is 2.31. The maximum atomic E-state index is 11.7. The lowest BCUT2D eigenvalue weighted by atomic mass is 10.2. The first kappa shape index (κ1) is 15.8. The first-order valence-electron chi connectivity index (χ1n) is 5.72. The van der Waals surface area contributed by atoms with Gasteiger partial charge in [0.15, 0.2) is 0 Å². The Morgan fingerprint density at radius 2 is 1.59 bits per heavy atom. The van der Waals surface area contributed by atoms with Crippen molar-refractivity contribution in [2.45, 2.75) is 46.4 Å². The second-order valence-electron chi connectivity index (χ2n) is 3.67. The zero-order chi connectivity index (χ0) is 13.3. The number of rotatable bonds is 3. The Hall–Kier alpha value is -1.19. The number of ether oxygens (including phenoxy) is 1. The van der Waals surface area contributed by atoms with Crippen molar-refractivity contribution in [3.8, 4) is 5.75 Å². The quantitative estimate of drug-likeness (QED) is 0.724. The van der Waals surface area contributed by atoms with Crippen LogP contribution in [0.25, 0.3) is 0 Å². The molecule has 0 saturated carbocycles. The Bertz CT molecular complexity index is 306. The van der Waals surface area contributed by atoms with Crippen LogP contribution in [0.5, 0.6) is 5.75 Å². The number of benzene rings is 1. The van der Waals surface area contributed by atoms with E-state index in [4.69, 9.17) is 0 Å². The molecule has 1 rings (SSSR count). The number of para-hydroxylation sites is 1. The van der Waals surface area contributed by atoms with Crippen molar-refractivity contribution >= 4 is 0 Å². The Labute approximate surface area is 101 Å². The van der Waals surface area contributed by atoms with Gasteiger partial charge in [0.1, 0.15) is 5.75 Å². The molecule has 0 N–H and O–H groups in total. The number of hydrogen-bond donors (Lipinski definition) is 0. The van der Waals surface area contributed by atoms with E-state index in [2.05, 4.69) is 18.6 Å². The topological polar surface area (TPSA) is 9.23 Å². The zero-order valence-corrected chi connectivity index (χ0v) is 10.5. The largest absolute Gasteiger partial charge is 0.573 e. The van der Waals surface area contributed by atoms with Crippen molar-refractivity contribution < 1.29 is 17.9 Å². The molecule has 0 spiro atoms. The minimum atomic E-state index is -4.61. The molecule has 0 atom stereocenters. The van der Waals surface area contributed by atoms with Crippen molar-refractivity contribution in [3.05, 3.63) is 29.8 Å². The third kappa shape index (κ3) is 8.60. The monoisotopic (exact) mass is 248 g/mol. The van der Waals surface area contributed by atoms with Crippen LogP contribution >= 0.6 is 0 Å². The molecule has 0 bridgehead atoms. The molecule has 98 valence electrons. The molecule has 0 amide bonds. The predicted molar refractivity (Wildman–Crippen MR) is 63.1 cm³/mol. The first-order valence-corrected chi connectivity index (χ1v) is 5.72. The van der Waals surface area contributed by atoms with Gasteiger partial charge in [-0.25, -0.2) is 0 Å². The summed E-state index contributed by atoms with van der Waals surface area (Å²) >= 11 is 0. The zero-order valence-electron chi connectivity index (χ0n) is 10.5. The number of halogens is 3. The molecule has 0 saturated heterocycles. The third-order valence-corrected chi connectivity index (χ3v) is 2.03. The fourth-order valence-electron chi connectivity index (χ4n) is 1.15. The SMILES string of the molecule is CCCCC.Cc1ccccc1OC(F)(F)F. The molecular weight excluding hydrogens is 229 g/mol. The van der Waals surface area contributed by atoms with E-state index in [0.29, 0.717) is 5.56 Å². The van der Waals surface area contributed by atoms with E-state index in [-0.39, 0.29) is 5.75 Å². The molecular formula is C13H19F3O. The van der Waals surface area contributed by atoms with Crippen LogP contribution in [0.1, 0.15) is 38.7 Å². The molecule has 0 unspecified atom stereocenters. The summed E-state index contributed by atoms with van der Waals surface area (Å²) in [6.07, 6.45) is -0.529. The normalized spacial score (nSPS) is 10.5. The van der Waals surface area contributed by atoms with Crippen LogP contribution in [0.4, 0.5) is 13.2 Å². The molecule has 4 heteroatoms. The highest BCUT2D eigenvalue weighted by atomic mass is 19.4. The van der Waals surface area contributed by atoms with E-state index in [9.17, 15) is 13.2 Å². The number of aryl methyl sites for hydroxylation is 1. The van der Waals surface area contributed by atoms with Crippen LogP contribution in [0.2, 0.25) is 0 Å². The number of alkyl halides is 3. The van der Waals surface area contributed by atoms with E-state index in [1.54, 1.807) is 19.1 Å². The molecule has 1 aromatic carbocycles. The van der Waals surface area contributed by atoms with Crippen molar-refractivity contribution in [2.75, 3.05) is 0 Å². The Kier molecular flexibility index (Phi) is 7.42. The lowest BCUT2D eigenvalue weighted by molar-refractivity contribution is -0.274. The van der Waals surface area contributed by atoms with Crippen molar-refractivity contribution in [1.29, 1.82) is 0 Å². The summed E-state index contributed by atoms with van der Waals surface area (Å²) in [5, 5.41) is 0. The minimum absolute atomic E-state index is 0.148. The first-order chi connectivity index (χ1) is 7.90. The summed E-state index contributed by atoms with van der Waals surface area (Å²) in [4.78, 5) is 0. The molecule has 0 aliphatic carbocycles. The van der Waals surface area contributed by atoms with E-state index in [1.807, 2.05) is 0 Å². The molecule has 0 heterocycles. The molecule has 1 aromatic rings. The summed E-state index contributed by atoms with van der Waals surface area (Å²) < 4.78 is 38.8. The smallest absolute Gasteiger partial charge is 0.406 e. The van der Waals surface area contributed by atoms with E-state index >= 15 is 0 Å². The number of hydrogen-bond acceptors (Lipinski definition) is 1. The van der Waals surface area contributed by atoms with Gasteiger partial charge in [-0.2, -0.15) is 0 Å². The van der Waals surface area contributed by atoms with Gasteiger partial charge in [-0.15, -0.1) is 13.2 Å². The van der Waals surface area contributed by atoms with Gasteiger partial charge >= 0.3 is 6.36 Å². The fourth-order valence-corrected chi connectivity index (χ4v) is 1.15. The second kappa shape index (κ2) is 7.98. The van der Waals surface area contributed by atoms with Crippen LogP contribution in [-0.4, -0.2) is 6.36 Å². The van der Waals surface area contributed by atoms with E-state index in [1.165, 1.54) is 31.4 Å². The van der Waals surface area contributed by atoms with Crippen molar-refractivity contribution in [1.82, 2.24) is 0 Å². The van der Waals surface area contributed by atoms with Gasteiger partial charge in [0.05, 0.1) is 0 Å².